The topological polar surface area (TPSA) is 38.3 Å². The van der Waals surface area contributed by atoms with Gasteiger partial charge in [0.25, 0.3) is 0 Å². The quantitative estimate of drug-likeness (QED) is 0.689. The lowest BCUT2D eigenvalue weighted by Gasteiger charge is -2.19. The summed E-state index contributed by atoms with van der Waals surface area (Å²) < 4.78 is 4.74. The SMILES string of the molecule is COC(=O)[C@@H]1CNC[C@@H]1C(C)C.Cl. The molecule has 0 bridgehead atoms. The van der Waals surface area contributed by atoms with Crippen molar-refractivity contribution in [3.63, 3.8) is 0 Å². The predicted molar refractivity (Wildman–Crippen MR) is 54.0 cm³/mol. The average Bonchev–Trinajstić information content (AvgIpc) is 2.50. The zero-order valence-corrected chi connectivity index (χ0v) is 9.19. The number of ether oxygens (including phenoxy) is 1. The van der Waals surface area contributed by atoms with E-state index < -0.39 is 0 Å². The van der Waals surface area contributed by atoms with E-state index in [-0.39, 0.29) is 24.3 Å². The number of hydrogen-bond donors (Lipinski definition) is 1. The van der Waals surface area contributed by atoms with Crippen LogP contribution in [0.3, 0.4) is 0 Å². The highest BCUT2D eigenvalue weighted by molar-refractivity contribution is 5.85. The minimum absolute atomic E-state index is 0. The van der Waals surface area contributed by atoms with Crippen LogP contribution in [-0.4, -0.2) is 26.2 Å². The number of rotatable bonds is 2. The molecule has 0 aromatic rings. The summed E-state index contributed by atoms with van der Waals surface area (Å²) in [6.45, 7) is 6.01. The molecule has 3 nitrogen and oxygen atoms in total. The van der Waals surface area contributed by atoms with Crippen molar-refractivity contribution in [2.75, 3.05) is 20.2 Å². The first-order valence-corrected chi connectivity index (χ1v) is 4.45. The fourth-order valence-electron chi connectivity index (χ4n) is 1.81. The number of hydrogen-bond acceptors (Lipinski definition) is 3. The van der Waals surface area contributed by atoms with Crippen molar-refractivity contribution < 1.29 is 9.53 Å². The first-order chi connectivity index (χ1) is 5.66. The molecule has 2 atom stereocenters. The molecule has 78 valence electrons. The van der Waals surface area contributed by atoms with E-state index in [1.54, 1.807) is 0 Å². The predicted octanol–water partition coefficient (Wildman–Crippen LogP) is 1.07. The number of carbonyl (C=O) groups is 1. The Labute approximate surface area is 85.6 Å². The Morgan fingerprint density at radius 3 is 2.54 bits per heavy atom. The summed E-state index contributed by atoms with van der Waals surface area (Å²) in [4.78, 5) is 11.3. The van der Waals surface area contributed by atoms with Crippen LogP contribution in [0.4, 0.5) is 0 Å². The van der Waals surface area contributed by atoms with Crippen LogP contribution in [0.15, 0.2) is 0 Å². The molecule has 0 unspecified atom stereocenters. The Hall–Kier alpha value is -0.280. The molecule has 1 aliphatic heterocycles. The second kappa shape index (κ2) is 5.45. The summed E-state index contributed by atoms with van der Waals surface area (Å²) >= 11 is 0. The Balaban J connectivity index is 0.00000144. The molecule has 1 N–H and O–H groups in total. The van der Waals surface area contributed by atoms with Gasteiger partial charge < -0.3 is 10.1 Å². The standard InChI is InChI=1S/C9H17NO2.ClH/c1-6(2)7-4-10-5-8(7)9(11)12-3;/h6-8,10H,4-5H2,1-3H3;1H/t7-,8-;/m1./s1. The van der Waals surface area contributed by atoms with Crippen LogP contribution >= 0.6 is 12.4 Å². The lowest BCUT2D eigenvalue weighted by atomic mass is 9.86. The number of esters is 1. The molecule has 0 aromatic heterocycles. The Morgan fingerprint density at radius 2 is 2.08 bits per heavy atom. The molecule has 0 radical (unpaired) electrons. The van der Waals surface area contributed by atoms with Crippen molar-refractivity contribution in [3.05, 3.63) is 0 Å². The molecule has 0 saturated carbocycles. The Bertz CT molecular complexity index is 173. The highest BCUT2D eigenvalue weighted by Gasteiger charge is 2.35. The summed E-state index contributed by atoms with van der Waals surface area (Å²) in [5, 5.41) is 3.22. The van der Waals surface area contributed by atoms with E-state index in [4.69, 9.17) is 4.74 Å². The van der Waals surface area contributed by atoms with E-state index >= 15 is 0 Å². The fraction of sp³-hybridized carbons (Fsp3) is 0.889. The second-order valence-corrected chi connectivity index (χ2v) is 3.70. The van der Waals surface area contributed by atoms with E-state index in [2.05, 4.69) is 19.2 Å². The maximum atomic E-state index is 11.3. The Morgan fingerprint density at radius 1 is 1.46 bits per heavy atom. The molecule has 0 aromatic carbocycles. The van der Waals surface area contributed by atoms with Crippen molar-refractivity contribution in [3.8, 4) is 0 Å². The average molecular weight is 208 g/mol. The first kappa shape index (κ1) is 12.7. The van der Waals surface area contributed by atoms with Gasteiger partial charge in [-0.2, -0.15) is 0 Å². The van der Waals surface area contributed by atoms with E-state index in [1.165, 1.54) is 7.11 Å². The summed E-state index contributed by atoms with van der Waals surface area (Å²) in [5.74, 6) is 0.982. The number of carbonyl (C=O) groups excluding carboxylic acids is 1. The highest BCUT2D eigenvalue weighted by Crippen LogP contribution is 2.25. The lowest BCUT2D eigenvalue weighted by molar-refractivity contribution is -0.146. The van der Waals surface area contributed by atoms with E-state index in [9.17, 15) is 4.79 Å². The van der Waals surface area contributed by atoms with Crippen molar-refractivity contribution in [2.24, 2.45) is 17.8 Å². The van der Waals surface area contributed by atoms with Crippen LogP contribution in [-0.2, 0) is 9.53 Å². The van der Waals surface area contributed by atoms with Gasteiger partial charge in [-0.1, -0.05) is 13.8 Å². The van der Waals surface area contributed by atoms with Crippen molar-refractivity contribution >= 4 is 18.4 Å². The van der Waals surface area contributed by atoms with E-state index in [0.29, 0.717) is 11.8 Å². The lowest BCUT2D eigenvalue weighted by Crippen LogP contribution is -2.27. The van der Waals surface area contributed by atoms with Crippen molar-refractivity contribution in [1.29, 1.82) is 0 Å². The first-order valence-electron chi connectivity index (χ1n) is 4.45. The zero-order valence-electron chi connectivity index (χ0n) is 8.37. The molecule has 1 heterocycles. The summed E-state index contributed by atoms with van der Waals surface area (Å²) in [7, 11) is 1.46. The van der Waals surface area contributed by atoms with Gasteiger partial charge in [-0.25, -0.2) is 0 Å². The van der Waals surface area contributed by atoms with E-state index in [0.717, 1.165) is 13.1 Å². The monoisotopic (exact) mass is 207 g/mol. The number of nitrogens with one attached hydrogen (secondary N) is 1. The molecule has 4 heteroatoms. The third-order valence-corrected chi connectivity index (χ3v) is 2.62. The summed E-state index contributed by atoms with van der Waals surface area (Å²) in [5.41, 5.74) is 0. The maximum Gasteiger partial charge on any atom is 0.310 e. The number of halogens is 1. The van der Waals surface area contributed by atoms with Crippen LogP contribution < -0.4 is 5.32 Å². The van der Waals surface area contributed by atoms with Crippen LogP contribution in [0.25, 0.3) is 0 Å². The van der Waals surface area contributed by atoms with Gasteiger partial charge >= 0.3 is 5.97 Å². The van der Waals surface area contributed by atoms with Crippen LogP contribution in [0.2, 0.25) is 0 Å². The Kier molecular flexibility index (Phi) is 5.33. The van der Waals surface area contributed by atoms with Crippen LogP contribution in [0.1, 0.15) is 13.8 Å². The van der Waals surface area contributed by atoms with Gasteiger partial charge in [0.1, 0.15) is 0 Å². The molecular weight excluding hydrogens is 190 g/mol. The zero-order chi connectivity index (χ0) is 9.14. The molecular formula is C9H18ClNO2. The maximum absolute atomic E-state index is 11.3. The van der Waals surface area contributed by atoms with Crippen LogP contribution in [0, 0.1) is 17.8 Å². The minimum atomic E-state index is -0.0706. The highest BCUT2D eigenvalue weighted by atomic mass is 35.5. The van der Waals surface area contributed by atoms with Gasteiger partial charge in [-0.05, 0) is 18.4 Å². The van der Waals surface area contributed by atoms with Gasteiger partial charge in [-0.15, -0.1) is 12.4 Å². The van der Waals surface area contributed by atoms with Crippen molar-refractivity contribution in [2.45, 2.75) is 13.8 Å². The second-order valence-electron chi connectivity index (χ2n) is 3.70. The molecule has 1 saturated heterocycles. The van der Waals surface area contributed by atoms with Gasteiger partial charge in [0, 0.05) is 6.54 Å². The molecule has 1 rings (SSSR count). The smallest absolute Gasteiger partial charge is 0.310 e. The van der Waals surface area contributed by atoms with Gasteiger partial charge in [-0.3, -0.25) is 4.79 Å². The fourth-order valence-corrected chi connectivity index (χ4v) is 1.81. The summed E-state index contributed by atoms with van der Waals surface area (Å²) in [6.07, 6.45) is 0. The minimum Gasteiger partial charge on any atom is -0.469 e. The molecule has 0 aliphatic carbocycles. The van der Waals surface area contributed by atoms with Gasteiger partial charge in [0.15, 0.2) is 0 Å². The summed E-state index contributed by atoms with van der Waals surface area (Å²) in [6, 6.07) is 0. The van der Waals surface area contributed by atoms with Crippen LogP contribution in [0.5, 0.6) is 0 Å². The largest absolute Gasteiger partial charge is 0.469 e. The van der Waals surface area contributed by atoms with E-state index in [1.807, 2.05) is 0 Å². The van der Waals surface area contributed by atoms with Gasteiger partial charge in [0.05, 0.1) is 13.0 Å². The van der Waals surface area contributed by atoms with Crippen molar-refractivity contribution in [1.82, 2.24) is 5.32 Å². The molecule has 1 aliphatic rings. The normalized spacial score (nSPS) is 27.1. The molecule has 0 amide bonds. The molecule has 0 spiro atoms. The van der Waals surface area contributed by atoms with Gasteiger partial charge in [0.2, 0.25) is 0 Å². The third kappa shape index (κ3) is 2.85. The molecule has 13 heavy (non-hydrogen) atoms. The number of methoxy groups -OCH3 is 1. The third-order valence-electron chi connectivity index (χ3n) is 2.62. The molecule has 1 fully saturated rings.